The molecule has 2 aromatic carbocycles. The summed E-state index contributed by atoms with van der Waals surface area (Å²) >= 11 is 1.41. The van der Waals surface area contributed by atoms with Crippen LogP contribution in [0.1, 0.15) is 34.8 Å². The van der Waals surface area contributed by atoms with E-state index < -0.39 is 0 Å². The van der Waals surface area contributed by atoms with Crippen molar-refractivity contribution in [1.29, 1.82) is 0 Å². The number of amides is 2. The van der Waals surface area contributed by atoms with Gasteiger partial charge in [-0.3, -0.25) is 14.9 Å². The maximum atomic E-state index is 12.6. The number of fused-ring (bicyclic) bond motifs is 1. The number of benzene rings is 2. The second kappa shape index (κ2) is 7.32. The standard InChI is InChI=1S/C21H19N3O2S/c1-2-13-3-5-14(6-4-13)18-12-27-21(23-18)24-20(26)16-7-9-17-15(11-16)8-10-19(25)22-17/h3-7,9,11-12H,2,8,10H2,1H3,(H,22,25)(H,23,24,26). The largest absolute Gasteiger partial charge is 0.326 e. The maximum absolute atomic E-state index is 12.6. The third-order valence-electron chi connectivity index (χ3n) is 4.65. The molecular formula is C21H19N3O2S. The van der Waals surface area contributed by atoms with Crippen LogP contribution in [-0.4, -0.2) is 16.8 Å². The number of hydrogen-bond donors (Lipinski definition) is 2. The topological polar surface area (TPSA) is 71.1 Å². The Morgan fingerprint density at radius 3 is 2.78 bits per heavy atom. The zero-order chi connectivity index (χ0) is 18.8. The van der Waals surface area contributed by atoms with Gasteiger partial charge in [-0.25, -0.2) is 4.98 Å². The molecule has 0 bridgehead atoms. The van der Waals surface area contributed by atoms with Gasteiger partial charge in [0.2, 0.25) is 5.91 Å². The van der Waals surface area contributed by atoms with Gasteiger partial charge in [0.15, 0.2) is 5.13 Å². The maximum Gasteiger partial charge on any atom is 0.257 e. The second-order valence-electron chi connectivity index (χ2n) is 6.46. The number of carbonyl (C=O) groups excluding carboxylic acids is 2. The Labute approximate surface area is 161 Å². The van der Waals surface area contributed by atoms with Crippen molar-refractivity contribution in [2.75, 3.05) is 10.6 Å². The summed E-state index contributed by atoms with van der Waals surface area (Å²) in [6, 6.07) is 13.6. The molecule has 0 saturated carbocycles. The van der Waals surface area contributed by atoms with Crippen LogP contribution in [-0.2, 0) is 17.6 Å². The van der Waals surface area contributed by atoms with Gasteiger partial charge in [-0.1, -0.05) is 31.2 Å². The van der Waals surface area contributed by atoms with Crippen LogP contribution in [0, 0.1) is 0 Å². The molecule has 27 heavy (non-hydrogen) atoms. The highest BCUT2D eigenvalue weighted by molar-refractivity contribution is 7.14. The zero-order valence-corrected chi connectivity index (χ0v) is 15.7. The number of nitrogens with one attached hydrogen (secondary N) is 2. The van der Waals surface area contributed by atoms with Gasteiger partial charge in [0.25, 0.3) is 5.91 Å². The molecule has 0 atom stereocenters. The van der Waals surface area contributed by atoms with E-state index in [1.54, 1.807) is 12.1 Å². The van der Waals surface area contributed by atoms with Gasteiger partial charge in [0.1, 0.15) is 0 Å². The first-order valence-electron chi connectivity index (χ1n) is 8.91. The predicted octanol–water partition coefficient (Wildman–Crippen LogP) is 4.51. The molecule has 0 fully saturated rings. The number of rotatable bonds is 4. The fourth-order valence-corrected chi connectivity index (χ4v) is 3.78. The van der Waals surface area contributed by atoms with Gasteiger partial charge in [0.05, 0.1) is 5.69 Å². The fourth-order valence-electron chi connectivity index (χ4n) is 3.07. The zero-order valence-electron chi connectivity index (χ0n) is 14.9. The third-order valence-corrected chi connectivity index (χ3v) is 5.40. The van der Waals surface area contributed by atoms with Crippen LogP contribution in [0.2, 0.25) is 0 Å². The minimum Gasteiger partial charge on any atom is -0.326 e. The van der Waals surface area contributed by atoms with Crippen LogP contribution < -0.4 is 10.6 Å². The van der Waals surface area contributed by atoms with Gasteiger partial charge in [0, 0.05) is 28.6 Å². The summed E-state index contributed by atoms with van der Waals surface area (Å²) in [6.45, 7) is 2.13. The highest BCUT2D eigenvalue weighted by Gasteiger charge is 2.17. The summed E-state index contributed by atoms with van der Waals surface area (Å²) in [5, 5.41) is 8.21. The van der Waals surface area contributed by atoms with Crippen molar-refractivity contribution >= 4 is 34.0 Å². The van der Waals surface area contributed by atoms with E-state index >= 15 is 0 Å². The molecule has 0 saturated heterocycles. The minimum atomic E-state index is -0.197. The van der Waals surface area contributed by atoms with Crippen molar-refractivity contribution in [2.24, 2.45) is 0 Å². The van der Waals surface area contributed by atoms with Gasteiger partial charge < -0.3 is 5.32 Å². The number of carbonyl (C=O) groups is 2. The van der Waals surface area contributed by atoms with Crippen LogP contribution in [0.15, 0.2) is 47.8 Å². The number of thiazole rings is 1. The average Bonchev–Trinajstić information content (AvgIpc) is 3.16. The van der Waals surface area contributed by atoms with Crippen LogP contribution in [0.25, 0.3) is 11.3 Å². The molecule has 2 N–H and O–H groups in total. The number of hydrogen-bond acceptors (Lipinski definition) is 4. The summed E-state index contributed by atoms with van der Waals surface area (Å²) in [6.07, 6.45) is 2.10. The van der Waals surface area contributed by atoms with Gasteiger partial charge >= 0.3 is 0 Å². The summed E-state index contributed by atoms with van der Waals surface area (Å²) in [5.41, 5.74) is 5.51. The number of aryl methyl sites for hydroxylation is 2. The highest BCUT2D eigenvalue weighted by Crippen LogP contribution is 2.27. The fraction of sp³-hybridized carbons (Fsp3) is 0.190. The normalized spacial score (nSPS) is 13.0. The summed E-state index contributed by atoms with van der Waals surface area (Å²) in [4.78, 5) is 28.5. The first kappa shape index (κ1) is 17.4. The van der Waals surface area contributed by atoms with Crippen LogP contribution in [0.3, 0.4) is 0 Å². The van der Waals surface area contributed by atoms with Crippen molar-refractivity contribution in [3.05, 3.63) is 64.5 Å². The van der Waals surface area contributed by atoms with Crippen LogP contribution in [0.4, 0.5) is 10.8 Å². The molecule has 1 aliphatic rings. The lowest BCUT2D eigenvalue weighted by atomic mass is 10.0. The molecule has 0 radical (unpaired) electrons. The lowest BCUT2D eigenvalue weighted by Crippen LogP contribution is -2.20. The third kappa shape index (κ3) is 3.75. The van der Waals surface area contributed by atoms with E-state index in [0.29, 0.717) is 23.5 Å². The summed E-state index contributed by atoms with van der Waals surface area (Å²) in [7, 11) is 0. The second-order valence-corrected chi connectivity index (χ2v) is 7.32. The monoisotopic (exact) mass is 377 g/mol. The molecule has 0 spiro atoms. The lowest BCUT2D eigenvalue weighted by Gasteiger charge is -2.17. The Bertz CT molecular complexity index is 1010. The summed E-state index contributed by atoms with van der Waals surface area (Å²) < 4.78 is 0. The molecule has 6 heteroatoms. The molecule has 1 aliphatic heterocycles. The SMILES string of the molecule is CCc1ccc(-c2csc(NC(=O)c3ccc4c(c3)CCC(=O)N4)n2)cc1. The van der Waals surface area contributed by atoms with Crippen LogP contribution >= 0.6 is 11.3 Å². The molecule has 0 unspecified atom stereocenters. The van der Waals surface area contributed by atoms with E-state index in [9.17, 15) is 9.59 Å². The molecule has 136 valence electrons. The van der Waals surface area contributed by atoms with Crippen molar-refractivity contribution in [2.45, 2.75) is 26.2 Å². The quantitative estimate of drug-likeness (QED) is 0.703. The first-order valence-corrected chi connectivity index (χ1v) is 9.79. The lowest BCUT2D eigenvalue weighted by molar-refractivity contribution is -0.116. The predicted molar refractivity (Wildman–Crippen MR) is 108 cm³/mol. The van der Waals surface area contributed by atoms with E-state index in [1.807, 2.05) is 11.4 Å². The van der Waals surface area contributed by atoms with Gasteiger partial charge in [-0.05, 0) is 42.2 Å². The summed E-state index contributed by atoms with van der Waals surface area (Å²) in [5.74, 6) is -0.182. The molecule has 5 nitrogen and oxygen atoms in total. The molecular weight excluding hydrogens is 358 g/mol. The van der Waals surface area contributed by atoms with Gasteiger partial charge in [-0.15, -0.1) is 11.3 Å². The van der Waals surface area contributed by atoms with Crippen molar-refractivity contribution in [3.8, 4) is 11.3 Å². The Morgan fingerprint density at radius 2 is 2.00 bits per heavy atom. The van der Waals surface area contributed by atoms with Crippen LogP contribution in [0.5, 0.6) is 0 Å². The van der Waals surface area contributed by atoms with Crippen molar-refractivity contribution < 1.29 is 9.59 Å². The molecule has 2 heterocycles. The highest BCUT2D eigenvalue weighted by atomic mass is 32.1. The van der Waals surface area contributed by atoms with E-state index in [0.717, 1.165) is 28.9 Å². The van der Waals surface area contributed by atoms with E-state index in [-0.39, 0.29) is 11.8 Å². The molecule has 2 amide bonds. The van der Waals surface area contributed by atoms with E-state index in [1.165, 1.54) is 16.9 Å². The average molecular weight is 377 g/mol. The number of nitrogens with zero attached hydrogens (tertiary/aromatic N) is 1. The molecule has 0 aliphatic carbocycles. The van der Waals surface area contributed by atoms with Gasteiger partial charge in [-0.2, -0.15) is 0 Å². The Hall–Kier alpha value is -2.99. The number of anilines is 2. The smallest absolute Gasteiger partial charge is 0.257 e. The molecule has 3 aromatic rings. The Kier molecular flexibility index (Phi) is 4.73. The minimum absolute atomic E-state index is 0.0157. The number of aromatic nitrogens is 1. The van der Waals surface area contributed by atoms with E-state index in [2.05, 4.69) is 46.8 Å². The Morgan fingerprint density at radius 1 is 1.19 bits per heavy atom. The molecule has 4 rings (SSSR count). The Balaban J connectivity index is 1.48. The van der Waals surface area contributed by atoms with Crippen molar-refractivity contribution in [3.63, 3.8) is 0 Å². The first-order chi connectivity index (χ1) is 13.1. The van der Waals surface area contributed by atoms with Crippen molar-refractivity contribution in [1.82, 2.24) is 4.98 Å². The molecule has 1 aromatic heterocycles. The van der Waals surface area contributed by atoms with E-state index in [4.69, 9.17) is 0 Å².